The number of carbonyl (C=O) groups excluding carboxylic acids is 2. The van der Waals surface area contributed by atoms with Crippen LogP contribution in [0, 0.1) is 10.1 Å². The highest BCUT2D eigenvalue weighted by Crippen LogP contribution is 2.17. The van der Waals surface area contributed by atoms with Gasteiger partial charge in [0.25, 0.3) is 5.69 Å². The summed E-state index contributed by atoms with van der Waals surface area (Å²) in [5.74, 6) is -1.21. The molecule has 0 fully saturated rings. The third-order valence-corrected chi connectivity index (χ3v) is 4.16. The third kappa shape index (κ3) is 6.97. The second kappa shape index (κ2) is 10.3. The van der Waals surface area contributed by atoms with Gasteiger partial charge in [-0.2, -0.15) is 0 Å². The van der Waals surface area contributed by atoms with Crippen LogP contribution in [0.3, 0.4) is 0 Å². The normalized spacial score (nSPS) is 12.5. The van der Waals surface area contributed by atoms with Crippen LogP contribution in [0.4, 0.5) is 5.69 Å². The molecule has 2 aromatic rings. The molecule has 29 heavy (non-hydrogen) atoms. The van der Waals surface area contributed by atoms with Gasteiger partial charge in [0.1, 0.15) is 11.7 Å². The van der Waals surface area contributed by atoms with E-state index >= 15 is 0 Å². The molecule has 0 aliphatic rings. The third-order valence-electron chi connectivity index (χ3n) is 4.16. The van der Waals surface area contributed by atoms with Gasteiger partial charge in [0.05, 0.1) is 4.92 Å². The average molecular weight is 396 g/mol. The Bertz CT molecular complexity index is 908. The Morgan fingerprint density at radius 3 is 2.48 bits per heavy atom. The van der Waals surface area contributed by atoms with E-state index in [1.54, 1.807) is 13.0 Å². The fraction of sp³-hybridized carbons (Fsp3) is 0.273. The van der Waals surface area contributed by atoms with Crippen molar-refractivity contribution in [1.29, 1.82) is 0 Å². The van der Waals surface area contributed by atoms with Crippen LogP contribution >= 0.6 is 0 Å². The number of ether oxygens (including phenoxy) is 1. The van der Waals surface area contributed by atoms with Crippen molar-refractivity contribution in [2.45, 2.75) is 26.5 Å². The van der Waals surface area contributed by atoms with Gasteiger partial charge in [-0.25, -0.2) is 4.79 Å². The molecule has 0 aliphatic heterocycles. The quantitative estimate of drug-likeness (QED) is 0.161. The number of Topliss-reactive ketones (excluding diaryl/α,β-unsaturated/α-hetero) is 1. The van der Waals surface area contributed by atoms with Crippen LogP contribution in [0.1, 0.15) is 25.0 Å². The van der Waals surface area contributed by atoms with E-state index in [-0.39, 0.29) is 11.3 Å². The van der Waals surface area contributed by atoms with E-state index < -0.39 is 22.8 Å². The lowest BCUT2D eigenvalue weighted by Crippen LogP contribution is -2.31. The number of rotatable bonds is 9. The molecule has 0 saturated carbocycles. The van der Waals surface area contributed by atoms with Crippen molar-refractivity contribution in [1.82, 2.24) is 4.90 Å². The Kier molecular flexibility index (Phi) is 7.79. The number of nitro groups is 1. The lowest BCUT2D eigenvalue weighted by atomic mass is 10.1. The number of hydrogen-bond acceptors (Lipinski definition) is 6. The maximum Gasteiger partial charge on any atom is 0.342 e. The van der Waals surface area contributed by atoms with Gasteiger partial charge in [0.15, 0.2) is 5.78 Å². The van der Waals surface area contributed by atoms with Crippen molar-refractivity contribution in [2.75, 3.05) is 13.6 Å². The Balaban J connectivity index is 2.04. The van der Waals surface area contributed by atoms with Crippen molar-refractivity contribution in [3.05, 3.63) is 81.4 Å². The van der Waals surface area contributed by atoms with Crippen molar-refractivity contribution >= 4 is 23.5 Å². The molecule has 0 saturated heterocycles. The summed E-state index contributed by atoms with van der Waals surface area (Å²) in [6, 6.07) is 15.6. The van der Waals surface area contributed by atoms with Gasteiger partial charge < -0.3 is 4.74 Å². The Labute approximate surface area is 169 Å². The standard InChI is InChI=1S/C22H24N2O5/c1-16(14-23(3)15-18-8-5-4-6-9-18)29-22(26)21(17(2)25)13-19-10-7-11-20(12-19)24(27)28/h4-13,16H,14-15H2,1-3H3/b21-13+. The van der Waals surface area contributed by atoms with Gasteiger partial charge in [0, 0.05) is 25.2 Å². The number of hydrogen-bond donors (Lipinski definition) is 0. The second-order valence-electron chi connectivity index (χ2n) is 6.86. The molecular formula is C22H24N2O5. The number of esters is 1. The minimum absolute atomic E-state index is 0.120. The molecule has 1 unspecified atom stereocenters. The molecule has 0 heterocycles. The summed E-state index contributed by atoms with van der Waals surface area (Å²) in [6.07, 6.45) is 0.877. The molecule has 2 rings (SSSR count). The number of non-ortho nitro benzene ring substituents is 1. The van der Waals surface area contributed by atoms with Gasteiger partial charge in [-0.05, 0) is 38.1 Å². The molecule has 2 aromatic carbocycles. The zero-order chi connectivity index (χ0) is 21.4. The smallest absolute Gasteiger partial charge is 0.342 e. The van der Waals surface area contributed by atoms with E-state index in [1.165, 1.54) is 31.2 Å². The first-order valence-electron chi connectivity index (χ1n) is 9.17. The number of nitro benzene ring substituents is 1. The highest BCUT2D eigenvalue weighted by Gasteiger charge is 2.20. The summed E-state index contributed by atoms with van der Waals surface area (Å²) in [5.41, 5.74) is 1.26. The van der Waals surface area contributed by atoms with Crippen LogP contribution in [0.15, 0.2) is 60.2 Å². The summed E-state index contributed by atoms with van der Waals surface area (Å²) in [4.78, 5) is 36.8. The van der Waals surface area contributed by atoms with Crippen LogP contribution in [0.25, 0.3) is 6.08 Å². The number of nitrogens with zero attached hydrogens (tertiary/aromatic N) is 2. The summed E-state index contributed by atoms with van der Waals surface area (Å²) >= 11 is 0. The fourth-order valence-corrected chi connectivity index (χ4v) is 2.88. The molecule has 0 amide bonds. The zero-order valence-corrected chi connectivity index (χ0v) is 16.7. The average Bonchev–Trinajstić information content (AvgIpc) is 2.66. The highest BCUT2D eigenvalue weighted by molar-refractivity contribution is 6.19. The first-order valence-corrected chi connectivity index (χ1v) is 9.17. The van der Waals surface area contributed by atoms with Gasteiger partial charge in [-0.3, -0.25) is 19.8 Å². The molecule has 0 radical (unpaired) electrons. The maximum absolute atomic E-state index is 12.5. The van der Waals surface area contributed by atoms with Gasteiger partial charge in [-0.15, -0.1) is 0 Å². The van der Waals surface area contributed by atoms with Crippen molar-refractivity contribution in [3.8, 4) is 0 Å². The molecular weight excluding hydrogens is 372 g/mol. The molecule has 0 spiro atoms. The van der Waals surface area contributed by atoms with E-state index in [9.17, 15) is 19.7 Å². The van der Waals surface area contributed by atoms with Gasteiger partial charge in [-0.1, -0.05) is 42.5 Å². The second-order valence-corrected chi connectivity index (χ2v) is 6.86. The molecule has 152 valence electrons. The van der Waals surface area contributed by atoms with Crippen molar-refractivity contribution < 1.29 is 19.2 Å². The molecule has 7 heteroatoms. The minimum atomic E-state index is -0.746. The fourth-order valence-electron chi connectivity index (χ4n) is 2.88. The highest BCUT2D eigenvalue weighted by atomic mass is 16.6. The van der Waals surface area contributed by atoms with E-state index in [0.717, 1.165) is 5.56 Å². The van der Waals surface area contributed by atoms with Crippen molar-refractivity contribution in [3.63, 3.8) is 0 Å². The Morgan fingerprint density at radius 2 is 1.86 bits per heavy atom. The molecule has 0 N–H and O–H groups in total. The maximum atomic E-state index is 12.5. The lowest BCUT2D eigenvalue weighted by molar-refractivity contribution is -0.384. The number of ketones is 1. The van der Waals surface area contributed by atoms with E-state index in [4.69, 9.17) is 4.74 Å². The van der Waals surface area contributed by atoms with Crippen LogP contribution in [0.5, 0.6) is 0 Å². The van der Waals surface area contributed by atoms with E-state index in [1.807, 2.05) is 42.3 Å². The Morgan fingerprint density at radius 1 is 1.17 bits per heavy atom. The van der Waals surface area contributed by atoms with Gasteiger partial charge >= 0.3 is 5.97 Å². The molecule has 0 bridgehead atoms. The summed E-state index contributed by atoms with van der Waals surface area (Å²) in [7, 11) is 1.92. The topological polar surface area (TPSA) is 89.8 Å². The summed E-state index contributed by atoms with van der Waals surface area (Å²) in [5, 5.41) is 10.9. The molecule has 1 atom stereocenters. The van der Waals surface area contributed by atoms with E-state index in [2.05, 4.69) is 0 Å². The predicted molar refractivity (Wildman–Crippen MR) is 110 cm³/mol. The van der Waals surface area contributed by atoms with E-state index in [0.29, 0.717) is 18.7 Å². The minimum Gasteiger partial charge on any atom is -0.458 e. The van der Waals surface area contributed by atoms with Gasteiger partial charge in [0.2, 0.25) is 0 Å². The van der Waals surface area contributed by atoms with Crippen molar-refractivity contribution in [2.24, 2.45) is 0 Å². The monoisotopic (exact) mass is 396 g/mol. The van der Waals surface area contributed by atoms with Crippen LogP contribution in [-0.4, -0.2) is 41.3 Å². The number of benzene rings is 2. The summed E-state index contributed by atoms with van der Waals surface area (Å²) < 4.78 is 5.43. The first kappa shape index (κ1) is 22.0. The van der Waals surface area contributed by atoms with Crippen LogP contribution < -0.4 is 0 Å². The SMILES string of the molecule is CC(=O)/C(=C\c1cccc([N+](=O)[O-])c1)C(=O)OC(C)CN(C)Cc1ccccc1. The zero-order valence-electron chi connectivity index (χ0n) is 16.7. The van der Waals surface area contributed by atoms with Crippen LogP contribution in [-0.2, 0) is 20.9 Å². The Hall–Kier alpha value is -3.32. The first-order chi connectivity index (χ1) is 13.8. The predicted octanol–water partition coefficient (Wildman–Crippen LogP) is 3.63. The number of carbonyl (C=O) groups is 2. The molecule has 0 aromatic heterocycles. The number of likely N-dealkylation sites (N-methyl/N-ethyl adjacent to an activating group) is 1. The largest absolute Gasteiger partial charge is 0.458 e. The van der Waals surface area contributed by atoms with Crippen LogP contribution in [0.2, 0.25) is 0 Å². The molecule has 0 aliphatic carbocycles. The molecule has 7 nitrogen and oxygen atoms in total. The summed E-state index contributed by atoms with van der Waals surface area (Å²) in [6.45, 7) is 4.20. The lowest BCUT2D eigenvalue weighted by Gasteiger charge is -2.21.